The maximum Gasteiger partial charge on any atom is 0.261 e. The van der Waals surface area contributed by atoms with Crippen molar-refractivity contribution in [3.8, 4) is 5.75 Å². The van der Waals surface area contributed by atoms with E-state index in [1.807, 2.05) is 0 Å². The fourth-order valence-corrected chi connectivity index (χ4v) is 2.72. The summed E-state index contributed by atoms with van der Waals surface area (Å²) in [6, 6.07) is 4.64. The van der Waals surface area contributed by atoms with Gasteiger partial charge >= 0.3 is 0 Å². The predicted molar refractivity (Wildman–Crippen MR) is 68.7 cm³/mol. The van der Waals surface area contributed by atoms with Gasteiger partial charge in [-0.1, -0.05) is 0 Å². The second kappa shape index (κ2) is 5.47. The van der Waals surface area contributed by atoms with Crippen molar-refractivity contribution in [2.45, 2.75) is 30.8 Å². The van der Waals surface area contributed by atoms with Crippen molar-refractivity contribution in [3.63, 3.8) is 0 Å². The van der Waals surface area contributed by atoms with Gasteiger partial charge in [-0.2, -0.15) is 0 Å². The monoisotopic (exact) mass is 290 g/mol. The number of benzene rings is 1. The summed E-state index contributed by atoms with van der Waals surface area (Å²) in [5, 5.41) is 0. The molecule has 1 aliphatic heterocycles. The van der Waals surface area contributed by atoms with Crippen molar-refractivity contribution in [1.82, 2.24) is 0 Å². The number of rotatable bonds is 3. The van der Waals surface area contributed by atoms with Gasteiger partial charge in [0.15, 0.2) is 0 Å². The zero-order valence-electron chi connectivity index (χ0n) is 10.1. The molecule has 1 aromatic rings. The average molecular weight is 291 g/mol. The van der Waals surface area contributed by atoms with Crippen LogP contribution < -0.4 is 4.74 Å². The Kier molecular flexibility index (Phi) is 4.14. The summed E-state index contributed by atoms with van der Waals surface area (Å²) in [5.74, 6) is 0.700. The SMILES string of the molecule is Cc1cc(S(=O)(=O)Cl)ccc1OC1CCOCC1. The Labute approximate surface area is 111 Å². The normalized spacial score (nSPS) is 17.7. The van der Waals surface area contributed by atoms with Crippen LogP contribution >= 0.6 is 10.7 Å². The van der Waals surface area contributed by atoms with Crippen molar-refractivity contribution in [1.29, 1.82) is 0 Å². The Morgan fingerprint density at radius 1 is 1.33 bits per heavy atom. The van der Waals surface area contributed by atoms with E-state index in [0.717, 1.165) is 18.4 Å². The highest BCUT2D eigenvalue weighted by Gasteiger charge is 2.17. The van der Waals surface area contributed by atoms with Crippen LogP contribution in [0, 0.1) is 6.92 Å². The molecule has 0 N–H and O–H groups in total. The first kappa shape index (κ1) is 13.6. The van der Waals surface area contributed by atoms with Gasteiger partial charge in [0, 0.05) is 23.5 Å². The van der Waals surface area contributed by atoms with Crippen molar-refractivity contribution in [3.05, 3.63) is 23.8 Å². The zero-order valence-corrected chi connectivity index (χ0v) is 11.6. The largest absolute Gasteiger partial charge is 0.490 e. The maximum atomic E-state index is 11.2. The summed E-state index contributed by atoms with van der Waals surface area (Å²) < 4.78 is 33.5. The van der Waals surface area contributed by atoms with Gasteiger partial charge in [0.25, 0.3) is 9.05 Å². The Balaban J connectivity index is 2.14. The maximum absolute atomic E-state index is 11.2. The minimum Gasteiger partial charge on any atom is -0.490 e. The van der Waals surface area contributed by atoms with Gasteiger partial charge in [-0.15, -0.1) is 0 Å². The predicted octanol–water partition coefficient (Wildman–Crippen LogP) is 2.48. The van der Waals surface area contributed by atoms with E-state index in [9.17, 15) is 8.42 Å². The third-order valence-electron chi connectivity index (χ3n) is 2.89. The minimum atomic E-state index is -3.68. The first-order chi connectivity index (χ1) is 8.47. The molecule has 1 fully saturated rings. The van der Waals surface area contributed by atoms with Crippen molar-refractivity contribution < 1.29 is 17.9 Å². The molecular formula is C12H15ClO4S. The molecule has 0 aliphatic carbocycles. The molecule has 1 heterocycles. The molecule has 18 heavy (non-hydrogen) atoms. The van der Waals surface area contributed by atoms with E-state index in [1.54, 1.807) is 13.0 Å². The molecule has 0 aromatic heterocycles. The molecule has 4 nitrogen and oxygen atoms in total. The van der Waals surface area contributed by atoms with Crippen LogP contribution in [0.5, 0.6) is 5.75 Å². The minimum absolute atomic E-state index is 0.0981. The molecule has 0 saturated carbocycles. The second-order valence-corrected chi connectivity index (χ2v) is 6.86. The summed E-state index contributed by atoms with van der Waals surface area (Å²) in [6.07, 6.45) is 1.85. The van der Waals surface area contributed by atoms with Gasteiger partial charge in [0.2, 0.25) is 0 Å². The summed E-state index contributed by atoms with van der Waals surface area (Å²) in [7, 11) is 1.61. The summed E-state index contributed by atoms with van der Waals surface area (Å²) in [6.45, 7) is 3.22. The van der Waals surface area contributed by atoms with E-state index in [4.69, 9.17) is 20.2 Å². The van der Waals surface area contributed by atoms with Gasteiger partial charge in [-0.25, -0.2) is 8.42 Å². The van der Waals surface area contributed by atoms with E-state index < -0.39 is 9.05 Å². The summed E-state index contributed by atoms with van der Waals surface area (Å²) in [5.41, 5.74) is 0.767. The smallest absolute Gasteiger partial charge is 0.261 e. The third-order valence-corrected chi connectivity index (χ3v) is 4.24. The molecule has 0 atom stereocenters. The van der Waals surface area contributed by atoms with Gasteiger partial charge in [-0.05, 0) is 30.7 Å². The first-order valence-corrected chi connectivity index (χ1v) is 8.07. The Bertz CT molecular complexity index is 521. The number of ether oxygens (including phenoxy) is 2. The van der Waals surface area contributed by atoms with Crippen LogP contribution in [0.1, 0.15) is 18.4 Å². The lowest BCUT2D eigenvalue weighted by Gasteiger charge is -2.24. The summed E-state index contributed by atoms with van der Waals surface area (Å²) >= 11 is 0. The zero-order chi connectivity index (χ0) is 13.2. The average Bonchev–Trinajstić information content (AvgIpc) is 2.32. The highest BCUT2D eigenvalue weighted by Crippen LogP contribution is 2.26. The second-order valence-electron chi connectivity index (χ2n) is 4.29. The third kappa shape index (κ3) is 3.37. The van der Waals surface area contributed by atoms with Crippen molar-refractivity contribution in [2.24, 2.45) is 0 Å². The standard InChI is InChI=1S/C12H15ClO4S/c1-9-8-11(18(13,14)15)2-3-12(9)17-10-4-6-16-7-5-10/h2-3,8,10H,4-7H2,1H3. The van der Waals surface area contributed by atoms with Crippen LogP contribution in [0.25, 0.3) is 0 Å². The fourth-order valence-electron chi connectivity index (χ4n) is 1.88. The van der Waals surface area contributed by atoms with Crippen molar-refractivity contribution in [2.75, 3.05) is 13.2 Å². The lowest BCUT2D eigenvalue weighted by atomic mass is 10.1. The van der Waals surface area contributed by atoms with Crippen LogP contribution in [0.4, 0.5) is 0 Å². The molecule has 0 spiro atoms. The van der Waals surface area contributed by atoms with E-state index in [0.29, 0.717) is 19.0 Å². The van der Waals surface area contributed by atoms with Crippen LogP contribution in [0.15, 0.2) is 23.1 Å². The number of hydrogen-bond donors (Lipinski definition) is 0. The lowest BCUT2D eigenvalue weighted by Crippen LogP contribution is -2.26. The molecule has 0 radical (unpaired) electrons. The molecule has 1 aliphatic rings. The topological polar surface area (TPSA) is 52.6 Å². The lowest BCUT2D eigenvalue weighted by molar-refractivity contribution is 0.0253. The Morgan fingerprint density at radius 2 is 2.00 bits per heavy atom. The first-order valence-electron chi connectivity index (χ1n) is 5.76. The molecule has 1 saturated heterocycles. The summed E-state index contributed by atoms with van der Waals surface area (Å²) in [4.78, 5) is 0.0981. The molecule has 100 valence electrons. The highest BCUT2D eigenvalue weighted by molar-refractivity contribution is 8.13. The Hall–Kier alpha value is -0.780. The van der Waals surface area contributed by atoms with Gasteiger partial charge in [0.05, 0.1) is 18.1 Å². The molecule has 0 amide bonds. The van der Waals surface area contributed by atoms with Gasteiger partial charge in [0.1, 0.15) is 11.9 Å². The van der Waals surface area contributed by atoms with Crippen LogP contribution in [-0.2, 0) is 13.8 Å². The molecule has 2 rings (SSSR count). The van der Waals surface area contributed by atoms with Crippen molar-refractivity contribution >= 4 is 19.7 Å². The van der Waals surface area contributed by atoms with E-state index in [-0.39, 0.29) is 11.0 Å². The van der Waals surface area contributed by atoms with Crippen LogP contribution in [0.2, 0.25) is 0 Å². The van der Waals surface area contributed by atoms with Gasteiger partial charge < -0.3 is 9.47 Å². The van der Waals surface area contributed by atoms with E-state index in [2.05, 4.69) is 0 Å². The molecule has 6 heteroatoms. The van der Waals surface area contributed by atoms with Gasteiger partial charge in [-0.3, -0.25) is 0 Å². The Morgan fingerprint density at radius 3 is 2.56 bits per heavy atom. The van der Waals surface area contributed by atoms with Crippen LogP contribution in [-0.4, -0.2) is 27.7 Å². The molecule has 1 aromatic carbocycles. The van der Waals surface area contributed by atoms with E-state index in [1.165, 1.54) is 12.1 Å². The van der Waals surface area contributed by atoms with E-state index >= 15 is 0 Å². The molecular weight excluding hydrogens is 276 g/mol. The highest BCUT2D eigenvalue weighted by atomic mass is 35.7. The number of halogens is 1. The molecule has 0 bridgehead atoms. The molecule has 0 unspecified atom stereocenters. The number of aryl methyl sites for hydroxylation is 1. The number of hydrogen-bond acceptors (Lipinski definition) is 4. The fraction of sp³-hybridized carbons (Fsp3) is 0.500. The van der Waals surface area contributed by atoms with Crippen LogP contribution in [0.3, 0.4) is 0 Å². The quantitative estimate of drug-likeness (QED) is 0.803.